The van der Waals surface area contributed by atoms with E-state index < -0.39 is 11.7 Å². The minimum Gasteiger partial charge on any atom is -0.326 e. The van der Waals surface area contributed by atoms with Gasteiger partial charge in [0.2, 0.25) is 5.91 Å². The van der Waals surface area contributed by atoms with E-state index in [0.717, 1.165) is 26.7 Å². The van der Waals surface area contributed by atoms with Crippen molar-refractivity contribution in [3.8, 4) is 0 Å². The fourth-order valence-electron chi connectivity index (χ4n) is 2.32. The molecule has 2 aromatic carbocycles. The highest BCUT2D eigenvalue weighted by Gasteiger charge is 2.30. The maximum atomic E-state index is 12.7. The summed E-state index contributed by atoms with van der Waals surface area (Å²) < 4.78 is 40.1. The minimum atomic E-state index is -4.42. The molecule has 1 amide bonds. The summed E-state index contributed by atoms with van der Waals surface area (Å²) in [5.74, 6) is -0.367. The van der Waals surface area contributed by atoms with Gasteiger partial charge >= 0.3 is 6.18 Å². The minimum absolute atomic E-state index is 0.124. The first-order valence-electron chi connectivity index (χ1n) is 7.26. The Bertz CT molecular complexity index is 922. The van der Waals surface area contributed by atoms with Crippen LogP contribution in [0.1, 0.15) is 11.1 Å². The summed E-state index contributed by atoms with van der Waals surface area (Å²) in [4.78, 5) is 16.5. The van der Waals surface area contributed by atoms with Crippen molar-refractivity contribution in [3.05, 3.63) is 53.6 Å². The van der Waals surface area contributed by atoms with E-state index in [9.17, 15) is 18.0 Å². The SMILES string of the molecule is CSc1nc2ccc(NC(=O)Cc3cccc(C(F)(F)F)c3)cc2s1. The summed E-state index contributed by atoms with van der Waals surface area (Å²) in [6.07, 6.45) is -2.60. The number of aromatic nitrogens is 1. The van der Waals surface area contributed by atoms with Crippen molar-refractivity contribution in [2.45, 2.75) is 16.9 Å². The molecule has 0 radical (unpaired) electrons. The number of carbonyl (C=O) groups is 1. The first-order valence-corrected chi connectivity index (χ1v) is 9.30. The number of alkyl halides is 3. The third-order valence-electron chi connectivity index (χ3n) is 3.45. The van der Waals surface area contributed by atoms with Crippen LogP contribution in [0.3, 0.4) is 0 Å². The molecule has 3 nitrogen and oxygen atoms in total. The molecule has 0 spiro atoms. The lowest BCUT2D eigenvalue weighted by Gasteiger charge is -2.09. The molecule has 0 saturated heterocycles. The van der Waals surface area contributed by atoms with Gasteiger partial charge in [-0.25, -0.2) is 4.98 Å². The van der Waals surface area contributed by atoms with Crippen LogP contribution in [0.5, 0.6) is 0 Å². The molecule has 0 fully saturated rings. The van der Waals surface area contributed by atoms with Gasteiger partial charge in [-0.2, -0.15) is 13.2 Å². The third-order valence-corrected chi connectivity index (χ3v) is 5.45. The van der Waals surface area contributed by atoms with Crippen LogP contribution in [0.15, 0.2) is 46.8 Å². The van der Waals surface area contributed by atoms with Crippen LogP contribution in [0.2, 0.25) is 0 Å². The van der Waals surface area contributed by atoms with Crippen molar-refractivity contribution >= 4 is 44.9 Å². The van der Waals surface area contributed by atoms with Crippen molar-refractivity contribution in [1.82, 2.24) is 4.98 Å². The van der Waals surface area contributed by atoms with Gasteiger partial charge in [-0.1, -0.05) is 30.0 Å². The molecule has 1 N–H and O–H groups in total. The maximum absolute atomic E-state index is 12.7. The number of anilines is 1. The van der Waals surface area contributed by atoms with Gasteiger partial charge in [0, 0.05) is 5.69 Å². The van der Waals surface area contributed by atoms with Crippen molar-refractivity contribution in [2.75, 3.05) is 11.6 Å². The molecule has 0 aliphatic rings. The van der Waals surface area contributed by atoms with Crippen LogP contribution in [0.25, 0.3) is 10.2 Å². The highest BCUT2D eigenvalue weighted by molar-refractivity contribution is 8.00. The van der Waals surface area contributed by atoms with Crippen LogP contribution in [0, 0.1) is 0 Å². The Kier molecular flexibility index (Phi) is 5.01. The monoisotopic (exact) mass is 382 g/mol. The summed E-state index contributed by atoms with van der Waals surface area (Å²) in [6, 6.07) is 10.2. The molecule has 8 heteroatoms. The predicted octanol–water partition coefficient (Wildman–Crippen LogP) is 5.22. The fraction of sp³-hybridized carbons (Fsp3) is 0.176. The Morgan fingerprint density at radius 3 is 2.76 bits per heavy atom. The molecule has 0 bridgehead atoms. The number of halogens is 3. The summed E-state index contributed by atoms with van der Waals surface area (Å²) in [5, 5.41) is 2.72. The number of benzene rings is 2. The molecule has 130 valence electrons. The number of thiazole rings is 1. The van der Waals surface area contributed by atoms with Gasteiger partial charge in [-0.3, -0.25) is 4.79 Å². The molecular weight excluding hydrogens is 369 g/mol. The van der Waals surface area contributed by atoms with E-state index in [1.807, 2.05) is 18.4 Å². The molecule has 3 aromatic rings. The molecule has 0 aliphatic carbocycles. The van der Waals surface area contributed by atoms with Crippen molar-refractivity contribution < 1.29 is 18.0 Å². The average Bonchev–Trinajstić information content (AvgIpc) is 2.96. The third kappa shape index (κ3) is 4.32. The number of thioether (sulfide) groups is 1. The Labute approximate surface area is 150 Å². The lowest BCUT2D eigenvalue weighted by molar-refractivity contribution is -0.137. The van der Waals surface area contributed by atoms with Gasteiger partial charge in [-0.15, -0.1) is 11.3 Å². The Hall–Kier alpha value is -2.06. The normalized spacial score (nSPS) is 11.7. The number of amides is 1. The first-order chi connectivity index (χ1) is 11.8. The van der Waals surface area contributed by atoms with Crippen molar-refractivity contribution in [3.63, 3.8) is 0 Å². The van der Waals surface area contributed by atoms with Gasteiger partial charge in [0.1, 0.15) is 0 Å². The second-order valence-corrected chi connectivity index (χ2v) is 7.37. The van der Waals surface area contributed by atoms with Crippen LogP contribution in [-0.4, -0.2) is 17.1 Å². The molecule has 25 heavy (non-hydrogen) atoms. The number of hydrogen-bond acceptors (Lipinski definition) is 4. The van der Waals surface area contributed by atoms with Gasteiger partial charge in [-0.05, 0) is 36.1 Å². The van der Waals surface area contributed by atoms with E-state index >= 15 is 0 Å². The van der Waals surface area contributed by atoms with E-state index in [2.05, 4.69) is 10.3 Å². The van der Waals surface area contributed by atoms with E-state index in [-0.39, 0.29) is 12.3 Å². The molecule has 1 aromatic heterocycles. The van der Waals surface area contributed by atoms with Crippen LogP contribution in [-0.2, 0) is 17.4 Å². The van der Waals surface area contributed by atoms with E-state index in [1.54, 1.807) is 17.8 Å². The topological polar surface area (TPSA) is 42.0 Å². The molecule has 0 atom stereocenters. The van der Waals surface area contributed by atoms with E-state index in [0.29, 0.717) is 11.3 Å². The number of fused-ring (bicyclic) bond motifs is 1. The zero-order valence-corrected chi connectivity index (χ0v) is 14.7. The van der Waals surface area contributed by atoms with Gasteiger partial charge < -0.3 is 5.32 Å². The summed E-state index contributed by atoms with van der Waals surface area (Å²) in [5.41, 5.74) is 1.01. The molecule has 1 heterocycles. The Morgan fingerprint density at radius 1 is 1.24 bits per heavy atom. The summed E-state index contributed by atoms with van der Waals surface area (Å²) >= 11 is 3.07. The summed E-state index contributed by atoms with van der Waals surface area (Å²) in [6.45, 7) is 0. The van der Waals surface area contributed by atoms with Crippen molar-refractivity contribution in [1.29, 1.82) is 0 Å². The van der Waals surface area contributed by atoms with Gasteiger partial charge in [0.15, 0.2) is 4.34 Å². The second kappa shape index (κ2) is 7.05. The highest BCUT2D eigenvalue weighted by atomic mass is 32.2. The molecular formula is C17H13F3N2OS2. The number of nitrogens with one attached hydrogen (secondary N) is 1. The Morgan fingerprint density at radius 2 is 2.04 bits per heavy atom. The Balaban J connectivity index is 1.72. The standard InChI is InChI=1S/C17H13F3N2OS2/c1-24-16-22-13-6-5-12(9-14(13)25-16)21-15(23)8-10-3-2-4-11(7-10)17(18,19)20/h2-7,9H,8H2,1H3,(H,21,23). The fourth-order valence-corrected chi connectivity index (χ4v) is 3.85. The smallest absolute Gasteiger partial charge is 0.326 e. The van der Waals surface area contributed by atoms with Gasteiger partial charge in [0.25, 0.3) is 0 Å². The largest absolute Gasteiger partial charge is 0.416 e. The lowest BCUT2D eigenvalue weighted by atomic mass is 10.1. The van der Waals surface area contributed by atoms with Crippen molar-refractivity contribution in [2.24, 2.45) is 0 Å². The number of hydrogen-bond donors (Lipinski definition) is 1. The zero-order valence-electron chi connectivity index (χ0n) is 13.1. The highest BCUT2D eigenvalue weighted by Crippen LogP contribution is 2.31. The number of carbonyl (C=O) groups excluding carboxylic acids is 1. The van der Waals surface area contributed by atoms with Gasteiger partial charge in [0.05, 0.1) is 22.2 Å². The number of nitrogens with zero attached hydrogens (tertiary/aromatic N) is 1. The van der Waals surface area contributed by atoms with Crippen LogP contribution < -0.4 is 5.32 Å². The molecule has 0 unspecified atom stereocenters. The lowest BCUT2D eigenvalue weighted by Crippen LogP contribution is -2.15. The van der Waals surface area contributed by atoms with E-state index in [4.69, 9.17) is 0 Å². The molecule has 0 saturated carbocycles. The zero-order chi connectivity index (χ0) is 18.0. The van der Waals surface area contributed by atoms with Crippen LogP contribution >= 0.6 is 23.1 Å². The first kappa shape index (κ1) is 17.8. The van der Waals surface area contributed by atoms with Crippen LogP contribution in [0.4, 0.5) is 18.9 Å². The second-order valence-electron chi connectivity index (χ2n) is 5.29. The average molecular weight is 382 g/mol. The predicted molar refractivity (Wildman–Crippen MR) is 95.2 cm³/mol. The number of rotatable bonds is 4. The van der Waals surface area contributed by atoms with E-state index in [1.165, 1.54) is 23.5 Å². The molecule has 3 rings (SSSR count). The quantitative estimate of drug-likeness (QED) is 0.629. The molecule has 0 aliphatic heterocycles. The summed E-state index contributed by atoms with van der Waals surface area (Å²) in [7, 11) is 0. The maximum Gasteiger partial charge on any atom is 0.416 e.